The third-order valence-corrected chi connectivity index (χ3v) is 6.23. The van der Waals surface area contributed by atoms with Gasteiger partial charge in [-0.3, -0.25) is 4.90 Å². The van der Waals surface area contributed by atoms with Crippen LogP contribution in [0.5, 0.6) is 0 Å². The molecular weight excluding hydrogens is 286 g/mol. The normalized spacial score (nSPS) is 24.2. The van der Waals surface area contributed by atoms with E-state index in [-0.39, 0.29) is 4.90 Å². The first kappa shape index (κ1) is 14.5. The fraction of sp³-hybridized carbons (Fsp3) is 0.533. The Bertz CT molecular complexity index is 666. The lowest BCUT2D eigenvalue weighted by Crippen LogP contribution is -2.39. The SMILES string of the molecule is N#Cc1cccc(S(=O)(=O)N2CCCN3CCCC3C2)c1. The second-order valence-electron chi connectivity index (χ2n) is 5.69. The summed E-state index contributed by atoms with van der Waals surface area (Å²) in [6.07, 6.45) is 3.10. The molecule has 112 valence electrons. The van der Waals surface area contributed by atoms with Gasteiger partial charge in [0, 0.05) is 19.1 Å². The lowest BCUT2D eigenvalue weighted by atomic mass is 10.2. The predicted molar refractivity (Wildman–Crippen MR) is 79.1 cm³/mol. The van der Waals surface area contributed by atoms with Gasteiger partial charge >= 0.3 is 0 Å². The summed E-state index contributed by atoms with van der Waals surface area (Å²) in [5.74, 6) is 0. The molecule has 0 amide bonds. The van der Waals surface area contributed by atoms with Gasteiger partial charge in [-0.2, -0.15) is 9.57 Å². The van der Waals surface area contributed by atoms with Crippen LogP contribution in [0.1, 0.15) is 24.8 Å². The van der Waals surface area contributed by atoms with E-state index >= 15 is 0 Å². The highest BCUT2D eigenvalue weighted by atomic mass is 32.2. The van der Waals surface area contributed by atoms with Gasteiger partial charge in [0.05, 0.1) is 16.5 Å². The minimum Gasteiger partial charge on any atom is -0.299 e. The Morgan fingerprint density at radius 3 is 2.81 bits per heavy atom. The molecule has 0 N–H and O–H groups in total. The molecule has 2 aliphatic rings. The van der Waals surface area contributed by atoms with Gasteiger partial charge in [0.1, 0.15) is 0 Å². The summed E-state index contributed by atoms with van der Waals surface area (Å²) in [5.41, 5.74) is 0.383. The summed E-state index contributed by atoms with van der Waals surface area (Å²) < 4.78 is 27.2. The van der Waals surface area contributed by atoms with E-state index in [1.54, 1.807) is 22.5 Å². The minimum atomic E-state index is -3.50. The van der Waals surface area contributed by atoms with Crippen molar-refractivity contribution in [3.05, 3.63) is 29.8 Å². The predicted octanol–water partition coefficient (Wildman–Crippen LogP) is 1.42. The van der Waals surface area contributed by atoms with Gasteiger partial charge < -0.3 is 0 Å². The maximum absolute atomic E-state index is 12.8. The highest BCUT2D eigenvalue weighted by molar-refractivity contribution is 7.89. The third-order valence-electron chi connectivity index (χ3n) is 4.37. The lowest BCUT2D eigenvalue weighted by Gasteiger charge is -2.25. The van der Waals surface area contributed by atoms with Crippen LogP contribution in [0.2, 0.25) is 0 Å². The summed E-state index contributed by atoms with van der Waals surface area (Å²) in [7, 11) is -3.50. The molecule has 2 saturated heterocycles. The van der Waals surface area contributed by atoms with Crippen molar-refractivity contribution in [1.29, 1.82) is 5.26 Å². The second-order valence-corrected chi connectivity index (χ2v) is 7.63. The van der Waals surface area contributed by atoms with E-state index in [2.05, 4.69) is 4.90 Å². The standard InChI is InChI=1S/C15H19N3O2S/c16-11-13-4-1-6-15(10-13)21(19,20)18-9-3-8-17-7-2-5-14(17)12-18/h1,4,6,10,14H,2-3,5,7-9,12H2. The number of fused-ring (bicyclic) bond motifs is 1. The first-order chi connectivity index (χ1) is 10.1. The van der Waals surface area contributed by atoms with Crippen LogP contribution in [-0.4, -0.2) is 49.8 Å². The van der Waals surface area contributed by atoms with E-state index in [1.807, 2.05) is 6.07 Å². The highest BCUT2D eigenvalue weighted by Crippen LogP contribution is 2.25. The molecule has 1 aromatic rings. The van der Waals surface area contributed by atoms with Gasteiger partial charge in [0.15, 0.2) is 0 Å². The quantitative estimate of drug-likeness (QED) is 0.829. The van der Waals surface area contributed by atoms with Gasteiger partial charge in [-0.15, -0.1) is 0 Å². The monoisotopic (exact) mass is 305 g/mol. The Balaban J connectivity index is 1.88. The molecule has 0 aromatic heterocycles. The molecule has 6 heteroatoms. The van der Waals surface area contributed by atoms with Crippen LogP contribution in [0.3, 0.4) is 0 Å². The van der Waals surface area contributed by atoms with Crippen molar-refractivity contribution in [2.24, 2.45) is 0 Å². The molecule has 5 nitrogen and oxygen atoms in total. The van der Waals surface area contributed by atoms with Crippen molar-refractivity contribution in [1.82, 2.24) is 9.21 Å². The minimum absolute atomic E-state index is 0.230. The molecule has 2 aliphatic heterocycles. The Morgan fingerprint density at radius 2 is 2.00 bits per heavy atom. The van der Waals surface area contributed by atoms with Crippen LogP contribution in [0, 0.1) is 11.3 Å². The molecule has 1 atom stereocenters. The zero-order chi connectivity index (χ0) is 14.9. The highest BCUT2D eigenvalue weighted by Gasteiger charge is 2.34. The average Bonchev–Trinajstić information content (AvgIpc) is 2.84. The Hall–Kier alpha value is -1.42. The van der Waals surface area contributed by atoms with Gasteiger partial charge in [0.2, 0.25) is 10.0 Å². The van der Waals surface area contributed by atoms with E-state index in [9.17, 15) is 8.42 Å². The maximum Gasteiger partial charge on any atom is 0.243 e. The number of rotatable bonds is 2. The number of nitriles is 1. The van der Waals surface area contributed by atoms with Crippen LogP contribution < -0.4 is 0 Å². The molecule has 0 bridgehead atoms. The topological polar surface area (TPSA) is 64.4 Å². The Labute approximate surface area is 125 Å². The van der Waals surface area contributed by atoms with Crippen molar-refractivity contribution in [3.63, 3.8) is 0 Å². The second kappa shape index (κ2) is 5.76. The first-order valence-electron chi connectivity index (χ1n) is 7.35. The van der Waals surface area contributed by atoms with Crippen LogP contribution in [0.4, 0.5) is 0 Å². The molecule has 1 aromatic carbocycles. The van der Waals surface area contributed by atoms with Crippen molar-refractivity contribution in [2.45, 2.75) is 30.2 Å². The summed E-state index contributed by atoms with van der Waals surface area (Å²) in [6, 6.07) is 8.65. The zero-order valence-corrected chi connectivity index (χ0v) is 12.7. The van der Waals surface area contributed by atoms with E-state index in [0.717, 1.165) is 32.4 Å². The van der Waals surface area contributed by atoms with Crippen molar-refractivity contribution in [3.8, 4) is 6.07 Å². The number of hydrogen-bond acceptors (Lipinski definition) is 4. The molecule has 0 saturated carbocycles. The molecule has 21 heavy (non-hydrogen) atoms. The summed E-state index contributed by atoms with van der Waals surface area (Å²) in [5, 5.41) is 8.94. The molecule has 3 rings (SSSR count). The van der Waals surface area contributed by atoms with E-state index in [4.69, 9.17) is 5.26 Å². The van der Waals surface area contributed by atoms with Gasteiger partial charge in [-0.25, -0.2) is 8.42 Å². The fourth-order valence-corrected chi connectivity index (χ4v) is 4.83. The van der Waals surface area contributed by atoms with E-state index in [1.165, 1.54) is 6.07 Å². The molecule has 2 fully saturated rings. The van der Waals surface area contributed by atoms with Crippen LogP contribution in [-0.2, 0) is 10.0 Å². The van der Waals surface area contributed by atoms with E-state index in [0.29, 0.717) is 24.7 Å². The van der Waals surface area contributed by atoms with Gasteiger partial charge in [0.25, 0.3) is 0 Å². The van der Waals surface area contributed by atoms with Gasteiger partial charge in [-0.05, 0) is 50.6 Å². The molecule has 2 heterocycles. The Morgan fingerprint density at radius 1 is 1.19 bits per heavy atom. The first-order valence-corrected chi connectivity index (χ1v) is 8.79. The lowest BCUT2D eigenvalue weighted by molar-refractivity contribution is 0.257. The third kappa shape index (κ3) is 2.82. The van der Waals surface area contributed by atoms with Crippen LogP contribution >= 0.6 is 0 Å². The largest absolute Gasteiger partial charge is 0.299 e. The zero-order valence-electron chi connectivity index (χ0n) is 11.9. The van der Waals surface area contributed by atoms with E-state index < -0.39 is 10.0 Å². The molecule has 1 unspecified atom stereocenters. The molecular formula is C15H19N3O2S. The molecule has 0 aliphatic carbocycles. The van der Waals surface area contributed by atoms with Crippen LogP contribution in [0.25, 0.3) is 0 Å². The smallest absolute Gasteiger partial charge is 0.243 e. The Kier molecular flexibility index (Phi) is 3.98. The molecule has 0 spiro atoms. The summed E-state index contributed by atoms with van der Waals surface area (Å²) in [6.45, 7) is 3.20. The molecule has 0 radical (unpaired) electrons. The summed E-state index contributed by atoms with van der Waals surface area (Å²) in [4.78, 5) is 2.63. The van der Waals surface area contributed by atoms with Crippen molar-refractivity contribution < 1.29 is 8.42 Å². The number of benzene rings is 1. The number of nitrogens with zero attached hydrogens (tertiary/aromatic N) is 3. The number of sulfonamides is 1. The average molecular weight is 305 g/mol. The summed E-state index contributed by atoms with van der Waals surface area (Å²) >= 11 is 0. The van der Waals surface area contributed by atoms with Crippen molar-refractivity contribution >= 4 is 10.0 Å². The fourth-order valence-electron chi connectivity index (χ4n) is 3.27. The van der Waals surface area contributed by atoms with Crippen LogP contribution in [0.15, 0.2) is 29.2 Å². The van der Waals surface area contributed by atoms with Gasteiger partial charge in [-0.1, -0.05) is 6.07 Å². The maximum atomic E-state index is 12.8. The van der Waals surface area contributed by atoms with Crippen molar-refractivity contribution in [2.75, 3.05) is 26.2 Å². The number of hydrogen-bond donors (Lipinski definition) is 0.